The predicted octanol–water partition coefficient (Wildman–Crippen LogP) is 3.72. The zero-order valence-electron chi connectivity index (χ0n) is 20.2. The Labute approximate surface area is 210 Å². The van der Waals surface area contributed by atoms with Gasteiger partial charge in [-0.2, -0.15) is 5.10 Å². The van der Waals surface area contributed by atoms with E-state index in [1.807, 2.05) is 55.5 Å². The number of anilines is 1. The number of amides is 1. The van der Waals surface area contributed by atoms with Crippen LogP contribution >= 0.6 is 11.6 Å². The SMILES string of the molecule is COc1ccc(N2CCN(C(=O)COC(=O)c3c(C)nn(Cc4ccccc4Cl)c3C)CC2)cc1. The average Bonchev–Trinajstić information content (AvgIpc) is 3.16. The van der Waals surface area contributed by atoms with E-state index in [0.29, 0.717) is 54.7 Å². The molecule has 1 aliphatic rings. The number of esters is 1. The van der Waals surface area contributed by atoms with E-state index in [0.717, 1.165) is 17.0 Å². The van der Waals surface area contributed by atoms with Crippen molar-refractivity contribution >= 4 is 29.2 Å². The molecule has 9 heteroatoms. The number of piperazine rings is 1. The number of aromatic nitrogens is 2. The molecule has 8 nitrogen and oxygen atoms in total. The molecule has 1 amide bonds. The maximum absolute atomic E-state index is 12.8. The molecular weight excluding hydrogens is 468 g/mol. The van der Waals surface area contributed by atoms with Crippen LogP contribution in [0, 0.1) is 13.8 Å². The van der Waals surface area contributed by atoms with Crippen molar-refractivity contribution in [2.24, 2.45) is 0 Å². The van der Waals surface area contributed by atoms with E-state index >= 15 is 0 Å². The Balaban J connectivity index is 1.31. The van der Waals surface area contributed by atoms with Crippen LogP contribution in [0.5, 0.6) is 5.75 Å². The number of hydrogen-bond acceptors (Lipinski definition) is 6. The number of benzene rings is 2. The van der Waals surface area contributed by atoms with Gasteiger partial charge in [-0.15, -0.1) is 0 Å². The lowest BCUT2D eigenvalue weighted by atomic mass is 10.2. The highest BCUT2D eigenvalue weighted by Gasteiger charge is 2.25. The number of hydrogen-bond donors (Lipinski definition) is 0. The van der Waals surface area contributed by atoms with Crippen LogP contribution in [0.15, 0.2) is 48.5 Å². The highest BCUT2D eigenvalue weighted by Crippen LogP contribution is 2.22. The highest BCUT2D eigenvalue weighted by atomic mass is 35.5. The van der Waals surface area contributed by atoms with Gasteiger partial charge in [-0.05, 0) is 49.7 Å². The first-order valence-corrected chi connectivity index (χ1v) is 11.9. The van der Waals surface area contributed by atoms with E-state index in [9.17, 15) is 9.59 Å². The summed E-state index contributed by atoms with van der Waals surface area (Å²) in [6.45, 7) is 6.26. The summed E-state index contributed by atoms with van der Waals surface area (Å²) < 4.78 is 12.3. The monoisotopic (exact) mass is 496 g/mol. The highest BCUT2D eigenvalue weighted by molar-refractivity contribution is 6.31. The van der Waals surface area contributed by atoms with Gasteiger partial charge in [0.2, 0.25) is 0 Å². The molecule has 0 atom stereocenters. The van der Waals surface area contributed by atoms with Gasteiger partial charge < -0.3 is 19.3 Å². The van der Waals surface area contributed by atoms with Crippen molar-refractivity contribution in [2.45, 2.75) is 20.4 Å². The number of rotatable bonds is 7. The van der Waals surface area contributed by atoms with Gasteiger partial charge in [-0.1, -0.05) is 29.8 Å². The summed E-state index contributed by atoms with van der Waals surface area (Å²) >= 11 is 6.27. The Kier molecular flexibility index (Phi) is 7.60. The van der Waals surface area contributed by atoms with Crippen LogP contribution in [-0.2, 0) is 16.1 Å². The summed E-state index contributed by atoms with van der Waals surface area (Å²) in [5, 5.41) is 5.12. The first-order valence-electron chi connectivity index (χ1n) is 11.5. The molecule has 1 saturated heterocycles. The molecular formula is C26H29ClN4O4. The molecule has 0 spiro atoms. The number of carbonyl (C=O) groups is 2. The van der Waals surface area contributed by atoms with Crippen molar-refractivity contribution in [2.75, 3.05) is 44.8 Å². The average molecular weight is 497 g/mol. The molecule has 3 aromatic rings. The Morgan fingerprint density at radius 3 is 2.34 bits per heavy atom. The molecule has 0 unspecified atom stereocenters. The van der Waals surface area contributed by atoms with Gasteiger partial charge >= 0.3 is 5.97 Å². The van der Waals surface area contributed by atoms with E-state index in [1.54, 1.807) is 23.6 Å². The van der Waals surface area contributed by atoms with Crippen molar-refractivity contribution in [3.8, 4) is 5.75 Å². The molecule has 0 radical (unpaired) electrons. The molecule has 1 fully saturated rings. The standard InChI is InChI=1S/C26H29ClN4O4/c1-18-25(19(2)31(28-18)16-20-6-4-5-7-23(20)27)26(33)35-17-24(32)30-14-12-29(13-15-30)21-8-10-22(34-3)11-9-21/h4-11H,12-17H2,1-3H3. The largest absolute Gasteiger partial charge is 0.497 e. The molecule has 184 valence electrons. The second-order valence-electron chi connectivity index (χ2n) is 8.44. The van der Waals surface area contributed by atoms with Crippen molar-refractivity contribution < 1.29 is 19.1 Å². The van der Waals surface area contributed by atoms with Gasteiger partial charge in [-0.3, -0.25) is 9.48 Å². The van der Waals surface area contributed by atoms with Crippen LogP contribution in [0.1, 0.15) is 27.3 Å². The maximum Gasteiger partial charge on any atom is 0.342 e. The van der Waals surface area contributed by atoms with E-state index in [1.165, 1.54) is 0 Å². The third-order valence-corrected chi connectivity index (χ3v) is 6.63. The molecule has 2 aromatic carbocycles. The normalized spacial score (nSPS) is 13.6. The lowest BCUT2D eigenvalue weighted by Crippen LogP contribution is -2.49. The molecule has 1 aromatic heterocycles. The molecule has 0 aliphatic carbocycles. The van der Waals surface area contributed by atoms with Gasteiger partial charge in [0.15, 0.2) is 6.61 Å². The molecule has 0 N–H and O–H groups in total. The van der Waals surface area contributed by atoms with Gasteiger partial charge in [-0.25, -0.2) is 4.79 Å². The molecule has 4 rings (SSSR count). The Hall–Kier alpha value is -3.52. The Morgan fingerprint density at radius 1 is 1.00 bits per heavy atom. The van der Waals surface area contributed by atoms with Gasteiger partial charge in [0.25, 0.3) is 5.91 Å². The fourth-order valence-corrected chi connectivity index (χ4v) is 4.43. The summed E-state index contributed by atoms with van der Waals surface area (Å²) in [7, 11) is 1.64. The first kappa shape index (κ1) is 24.6. The number of carbonyl (C=O) groups excluding carboxylic acids is 2. The Bertz CT molecular complexity index is 1200. The number of aryl methyl sites for hydroxylation is 1. The molecule has 35 heavy (non-hydrogen) atoms. The predicted molar refractivity (Wildman–Crippen MR) is 134 cm³/mol. The van der Waals surface area contributed by atoms with E-state index in [2.05, 4.69) is 10.00 Å². The van der Waals surface area contributed by atoms with Gasteiger partial charge in [0.1, 0.15) is 11.3 Å². The summed E-state index contributed by atoms with van der Waals surface area (Å²) in [5.41, 5.74) is 3.61. The molecule has 0 bridgehead atoms. The van der Waals surface area contributed by atoms with Crippen LogP contribution in [0.3, 0.4) is 0 Å². The number of halogens is 1. The van der Waals surface area contributed by atoms with Crippen LogP contribution in [0.25, 0.3) is 0 Å². The zero-order chi connectivity index (χ0) is 24.9. The topological polar surface area (TPSA) is 76.9 Å². The fourth-order valence-electron chi connectivity index (χ4n) is 4.23. The smallest absolute Gasteiger partial charge is 0.342 e. The lowest BCUT2D eigenvalue weighted by Gasteiger charge is -2.36. The second kappa shape index (κ2) is 10.8. The molecule has 2 heterocycles. The van der Waals surface area contributed by atoms with Crippen LogP contribution in [-0.4, -0.2) is 66.5 Å². The van der Waals surface area contributed by atoms with Gasteiger partial charge in [0.05, 0.1) is 25.0 Å². The zero-order valence-corrected chi connectivity index (χ0v) is 20.9. The third-order valence-electron chi connectivity index (χ3n) is 6.26. The Morgan fingerprint density at radius 2 is 1.69 bits per heavy atom. The minimum absolute atomic E-state index is 0.202. The minimum atomic E-state index is -0.546. The number of nitrogens with zero attached hydrogens (tertiary/aromatic N) is 4. The molecule has 1 aliphatic heterocycles. The van der Waals surface area contributed by atoms with Crippen molar-refractivity contribution in [3.05, 3.63) is 76.1 Å². The fraction of sp³-hybridized carbons (Fsp3) is 0.346. The summed E-state index contributed by atoms with van der Waals surface area (Å²) in [4.78, 5) is 29.4. The van der Waals surface area contributed by atoms with Crippen LogP contribution < -0.4 is 9.64 Å². The van der Waals surface area contributed by atoms with Crippen molar-refractivity contribution in [1.29, 1.82) is 0 Å². The summed E-state index contributed by atoms with van der Waals surface area (Å²) in [6, 6.07) is 15.4. The van der Waals surface area contributed by atoms with Crippen molar-refractivity contribution in [3.63, 3.8) is 0 Å². The lowest BCUT2D eigenvalue weighted by molar-refractivity contribution is -0.134. The number of ether oxygens (including phenoxy) is 2. The minimum Gasteiger partial charge on any atom is -0.497 e. The van der Waals surface area contributed by atoms with Crippen LogP contribution in [0.2, 0.25) is 5.02 Å². The van der Waals surface area contributed by atoms with Crippen molar-refractivity contribution in [1.82, 2.24) is 14.7 Å². The third kappa shape index (κ3) is 5.59. The first-order chi connectivity index (χ1) is 16.9. The quantitative estimate of drug-likeness (QED) is 0.464. The second-order valence-corrected chi connectivity index (χ2v) is 8.84. The number of methoxy groups -OCH3 is 1. The van der Waals surface area contributed by atoms with Crippen LogP contribution in [0.4, 0.5) is 5.69 Å². The van der Waals surface area contributed by atoms with E-state index < -0.39 is 5.97 Å². The van der Waals surface area contributed by atoms with E-state index in [4.69, 9.17) is 21.1 Å². The maximum atomic E-state index is 12.8. The van der Waals surface area contributed by atoms with E-state index in [-0.39, 0.29) is 12.5 Å². The summed E-state index contributed by atoms with van der Waals surface area (Å²) in [6.07, 6.45) is 0. The molecule has 0 saturated carbocycles. The summed E-state index contributed by atoms with van der Waals surface area (Å²) in [5.74, 6) is 0.0615. The van der Waals surface area contributed by atoms with Gasteiger partial charge in [0, 0.05) is 36.9 Å².